The maximum atomic E-state index is 12.1. The highest BCUT2D eigenvalue weighted by Gasteiger charge is 2.43. The van der Waals surface area contributed by atoms with E-state index in [2.05, 4.69) is 0 Å². The number of esters is 3. The maximum absolute atomic E-state index is 12.1. The molecule has 0 aromatic heterocycles. The Morgan fingerprint density at radius 3 is 1.81 bits per heavy atom. The quantitative estimate of drug-likeness (QED) is 0.187. The predicted octanol–water partition coefficient (Wildman–Crippen LogP) is 4.48. The largest absolute Gasteiger partial charge is 0.493 e. The van der Waals surface area contributed by atoms with E-state index in [4.69, 9.17) is 37.9 Å². The highest BCUT2D eigenvalue weighted by atomic mass is 16.6. The van der Waals surface area contributed by atoms with Gasteiger partial charge >= 0.3 is 17.9 Å². The Morgan fingerprint density at radius 2 is 1.31 bits per heavy atom. The monoisotopic (exact) mass is 588 g/mol. The van der Waals surface area contributed by atoms with Gasteiger partial charge in [0, 0.05) is 44.8 Å². The Hall–Kier alpha value is -3.99. The van der Waals surface area contributed by atoms with Crippen LogP contribution in [0, 0.1) is 11.8 Å². The van der Waals surface area contributed by atoms with E-state index in [0.717, 1.165) is 23.1 Å². The molecule has 2 aromatic carbocycles. The molecule has 0 unspecified atom stereocenters. The van der Waals surface area contributed by atoms with E-state index >= 15 is 0 Å². The van der Waals surface area contributed by atoms with Crippen LogP contribution in [0.5, 0.6) is 34.5 Å². The average Bonchev–Trinajstić information content (AvgIpc) is 2.95. The molecule has 42 heavy (non-hydrogen) atoms. The zero-order chi connectivity index (χ0) is 31.0. The first-order valence-electron chi connectivity index (χ1n) is 13.7. The van der Waals surface area contributed by atoms with E-state index in [-0.39, 0.29) is 47.4 Å². The minimum Gasteiger partial charge on any atom is -0.493 e. The Labute approximate surface area is 246 Å². The van der Waals surface area contributed by atoms with Crippen molar-refractivity contribution in [2.24, 2.45) is 11.8 Å². The standard InChI is InChI=1S/C31H40O11/c1-9-10-39-16-23-22(15-40-17(2)32)11-20-12-26(37-7)30(42-19(4)34)31(38-8)28(20)27(23)21-13-24(35-5)29(41-18(3)33)25(14-21)36-6/h12-14,22-23,27H,9-11,15-16H2,1-8H3/t22-,23-,27+/m1/s1. The van der Waals surface area contributed by atoms with Crippen LogP contribution >= 0.6 is 0 Å². The summed E-state index contributed by atoms with van der Waals surface area (Å²) in [5.74, 6) is -0.790. The van der Waals surface area contributed by atoms with Crippen LogP contribution in [-0.2, 0) is 30.3 Å². The Morgan fingerprint density at radius 1 is 0.738 bits per heavy atom. The fourth-order valence-corrected chi connectivity index (χ4v) is 5.45. The summed E-state index contributed by atoms with van der Waals surface area (Å²) in [7, 11) is 5.92. The summed E-state index contributed by atoms with van der Waals surface area (Å²) in [6, 6.07) is 5.35. The molecule has 0 spiro atoms. The fraction of sp³-hybridized carbons (Fsp3) is 0.516. The maximum Gasteiger partial charge on any atom is 0.308 e. The molecule has 0 saturated heterocycles. The van der Waals surface area contributed by atoms with Gasteiger partial charge in [0.05, 0.1) is 41.7 Å². The predicted molar refractivity (Wildman–Crippen MR) is 152 cm³/mol. The third-order valence-electron chi connectivity index (χ3n) is 7.07. The number of rotatable bonds is 13. The molecule has 0 bridgehead atoms. The van der Waals surface area contributed by atoms with E-state index in [0.29, 0.717) is 31.1 Å². The van der Waals surface area contributed by atoms with Crippen molar-refractivity contribution in [3.63, 3.8) is 0 Å². The lowest BCUT2D eigenvalue weighted by molar-refractivity contribution is -0.143. The van der Waals surface area contributed by atoms with Gasteiger partial charge in [0.2, 0.25) is 11.5 Å². The molecule has 3 atom stereocenters. The van der Waals surface area contributed by atoms with Gasteiger partial charge in [-0.1, -0.05) is 6.92 Å². The molecule has 0 saturated carbocycles. The second-order valence-electron chi connectivity index (χ2n) is 9.94. The molecule has 0 fully saturated rings. The molecule has 0 N–H and O–H groups in total. The number of carbonyl (C=O) groups is 3. The molecule has 11 nitrogen and oxygen atoms in total. The van der Waals surface area contributed by atoms with Crippen LogP contribution in [0.1, 0.15) is 56.7 Å². The molecule has 1 aliphatic carbocycles. The van der Waals surface area contributed by atoms with Crippen LogP contribution in [0.15, 0.2) is 18.2 Å². The molecule has 3 rings (SSSR count). The van der Waals surface area contributed by atoms with Crippen LogP contribution in [0.3, 0.4) is 0 Å². The lowest BCUT2D eigenvalue weighted by atomic mass is 9.66. The summed E-state index contributed by atoms with van der Waals surface area (Å²) in [5, 5.41) is 0. The first-order chi connectivity index (χ1) is 20.1. The summed E-state index contributed by atoms with van der Waals surface area (Å²) >= 11 is 0. The number of carbonyl (C=O) groups excluding carboxylic acids is 3. The van der Waals surface area contributed by atoms with Crippen molar-refractivity contribution in [1.82, 2.24) is 0 Å². The normalized spacial score (nSPS) is 17.5. The van der Waals surface area contributed by atoms with Gasteiger partial charge in [-0.15, -0.1) is 0 Å². The second-order valence-corrected chi connectivity index (χ2v) is 9.94. The number of benzene rings is 2. The summed E-state index contributed by atoms with van der Waals surface area (Å²) < 4.78 is 45.5. The number of methoxy groups -OCH3 is 4. The van der Waals surface area contributed by atoms with Gasteiger partial charge in [-0.25, -0.2) is 0 Å². The lowest BCUT2D eigenvalue weighted by Gasteiger charge is -2.41. The molecule has 0 heterocycles. The number of fused-ring (bicyclic) bond motifs is 1. The Bertz CT molecular complexity index is 1260. The Balaban J connectivity index is 2.39. The molecular weight excluding hydrogens is 548 g/mol. The molecule has 11 heteroatoms. The minimum absolute atomic E-state index is 0.143. The van der Waals surface area contributed by atoms with Gasteiger partial charge in [0.15, 0.2) is 23.0 Å². The van der Waals surface area contributed by atoms with Crippen LogP contribution in [-0.4, -0.2) is 66.2 Å². The van der Waals surface area contributed by atoms with Crippen molar-refractivity contribution in [3.05, 3.63) is 34.9 Å². The van der Waals surface area contributed by atoms with Gasteiger partial charge in [0.1, 0.15) is 0 Å². The van der Waals surface area contributed by atoms with Crippen LogP contribution in [0.25, 0.3) is 0 Å². The average molecular weight is 589 g/mol. The van der Waals surface area contributed by atoms with Crippen molar-refractivity contribution < 1.29 is 52.3 Å². The molecule has 0 radical (unpaired) electrons. The first kappa shape index (κ1) is 32.5. The van der Waals surface area contributed by atoms with E-state index in [1.165, 1.54) is 49.2 Å². The zero-order valence-corrected chi connectivity index (χ0v) is 25.5. The first-order valence-corrected chi connectivity index (χ1v) is 13.7. The molecule has 2 aromatic rings. The summed E-state index contributed by atoms with van der Waals surface area (Å²) in [6.45, 7) is 7.01. The third-order valence-corrected chi connectivity index (χ3v) is 7.07. The summed E-state index contributed by atoms with van der Waals surface area (Å²) in [4.78, 5) is 35.9. The van der Waals surface area contributed by atoms with Gasteiger partial charge in [0.25, 0.3) is 0 Å². The van der Waals surface area contributed by atoms with Crippen molar-refractivity contribution in [2.75, 3.05) is 48.3 Å². The number of hydrogen-bond donors (Lipinski definition) is 0. The molecule has 1 aliphatic rings. The third kappa shape index (κ3) is 7.25. The van der Waals surface area contributed by atoms with E-state index in [1.54, 1.807) is 12.1 Å². The summed E-state index contributed by atoms with van der Waals surface area (Å²) in [5.41, 5.74) is 2.34. The van der Waals surface area contributed by atoms with E-state index < -0.39 is 17.9 Å². The van der Waals surface area contributed by atoms with Crippen molar-refractivity contribution in [1.29, 1.82) is 0 Å². The molecule has 0 amide bonds. The molecule has 230 valence electrons. The summed E-state index contributed by atoms with van der Waals surface area (Å²) in [6.07, 6.45) is 1.32. The topological polar surface area (TPSA) is 125 Å². The Kier molecular flexibility index (Phi) is 11.4. The smallest absolute Gasteiger partial charge is 0.308 e. The van der Waals surface area contributed by atoms with Crippen LogP contribution < -0.4 is 28.4 Å². The molecule has 0 aliphatic heterocycles. The van der Waals surface area contributed by atoms with Crippen LogP contribution in [0.2, 0.25) is 0 Å². The van der Waals surface area contributed by atoms with Gasteiger partial charge in [-0.2, -0.15) is 0 Å². The van der Waals surface area contributed by atoms with Crippen molar-refractivity contribution >= 4 is 17.9 Å². The number of hydrogen-bond acceptors (Lipinski definition) is 11. The van der Waals surface area contributed by atoms with Gasteiger partial charge < -0.3 is 37.9 Å². The lowest BCUT2D eigenvalue weighted by Crippen LogP contribution is -2.37. The second kappa shape index (κ2) is 14.8. The van der Waals surface area contributed by atoms with E-state index in [9.17, 15) is 14.4 Å². The zero-order valence-electron chi connectivity index (χ0n) is 25.5. The van der Waals surface area contributed by atoms with Crippen molar-refractivity contribution in [3.8, 4) is 34.5 Å². The molecular formula is C31H40O11. The van der Waals surface area contributed by atoms with Gasteiger partial charge in [-0.05, 0) is 48.1 Å². The fourth-order valence-electron chi connectivity index (χ4n) is 5.45. The van der Waals surface area contributed by atoms with Crippen LogP contribution in [0.4, 0.5) is 0 Å². The minimum atomic E-state index is -0.538. The number of ether oxygens (including phenoxy) is 8. The van der Waals surface area contributed by atoms with E-state index in [1.807, 2.05) is 13.0 Å². The van der Waals surface area contributed by atoms with Crippen molar-refractivity contribution in [2.45, 2.75) is 46.5 Å². The SMILES string of the molecule is CCCOC[C@@H]1[C@@H](COC(C)=O)Cc2cc(OC)c(OC(C)=O)c(OC)c2[C@H]1c1cc(OC)c(OC(C)=O)c(OC)c1. The highest BCUT2D eigenvalue weighted by molar-refractivity contribution is 5.75. The highest BCUT2D eigenvalue weighted by Crippen LogP contribution is 2.55. The van der Waals surface area contributed by atoms with Gasteiger partial charge in [-0.3, -0.25) is 14.4 Å².